The Kier molecular flexibility index (Phi) is 4.80. The fraction of sp³-hybridized carbons (Fsp3) is 0.923. The van der Waals surface area contributed by atoms with Crippen molar-refractivity contribution in [3.63, 3.8) is 0 Å². The van der Waals surface area contributed by atoms with Gasteiger partial charge in [0.2, 0.25) is 0 Å². The molecule has 1 heterocycles. The summed E-state index contributed by atoms with van der Waals surface area (Å²) in [6, 6.07) is 0.0405. The van der Waals surface area contributed by atoms with Crippen molar-refractivity contribution in [1.29, 1.82) is 0 Å². The summed E-state index contributed by atoms with van der Waals surface area (Å²) >= 11 is 0. The van der Waals surface area contributed by atoms with Crippen LogP contribution in [-0.2, 0) is 0 Å². The van der Waals surface area contributed by atoms with E-state index in [4.69, 9.17) is 10.9 Å². The Morgan fingerprint density at radius 3 is 2.53 bits per heavy atom. The Labute approximate surface area is 105 Å². The van der Waals surface area contributed by atoms with Crippen LogP contribution in [0.4, 0.5) is 0 Å². The van der Waals surface area contributed by atoms with Crippen LogP contribution < -0.4 is 5.73 Å². The van der Waals surface area contributed by atoms with Crippen molar-refractivity contribution in [3.05, 3.63) is 0 Å². The van der Waals surface area contributed by atoms with E-state index in [1.54, 1.807) is 0 Å². The van der Waals surface area contributed by atoms with E-state index < -0.39 is 0 Å². The highest BCUT2D eigenvalue weighted by molar-refractivity contribution is 5.84. The van der Waals surface area contributed by atoms with Gasteiger partial charge in [-0.15, -0.1) is 0 Å². The Morgan fingerprint density at radius 1 is 1.35 bits per heavy atom. The number of hydrogen-bond acceptors (Lipinski definition) is 3. The quantitative estimate of drug-likeness (QED) is 0.337. The standard InChI is InChI=1S/C13H27N3O/c1-10(12(14)15-17)16-8-5-6-11(7-9-16)13(2,3)4/h10-11,17H,5-9H2,1-4H3,(H2,14,15). The lowest BCUT2D eigenvalue weighted by Gasteiger charge is -2.30. The van der Waals surface area contributed by atoms with Gasteiger partial charge in [0, 0.05) is 0 Å². The van der Waals surface area contributed by atoms with Crippen molar-refractivity contribution >= 4 is 5.84 Å². The molecule has 4 heteroatoms. The maximum Gasteiger partial charge on any atom is 0.156 e. The van der Waals surface area contributed by atoms with Crippen LogP contribution in [-0.4, -0.2) is 35.1 Å². The third kappa shape index (κ3) is 3.87. The molecule has 1 saturated heterocycles. The van der Waals surface area contributed by atoms with Gasteiger partial charge in [0.1, 0.15) is 0 Å². The largest absolute Gasteiger partial charge is 0.409 e. The van der Waals surface area contributed by atoms with Crippen LogP contribution in [0.3, 0.4) is 0 Å². The SMILES string of the molecule is CC(C(N)=NO)N1CCCC(C(C)(C)C)CC1. The van der Waals surface area contributed by atoms with Gasteiger partial charge in [-0.2, -0.15) is 0 Å². The highest BCUT2D eigenvalue weighted by Gasteiger charge is 2.29. The predicted molar refractivity (Wildman–Crippen MR) is 71.2 cm³/mol. The number of nitrogens with zero attached hydrogens (tertiary/aromatic N) is 2. The molecule has 17 heavy (non-hydrogen) atoms. The number of oxime groups is 1. The van der Waals surface area contributed by atoms with E-state index in [9.17, 15) is 0 Å². The molecule has 0 bridgehead atoms. The lowest BCUT2D eigenvalue weighted by Crippen LogP contribution is -2.43. The van der Waals surface area contributed by atoms with Gasteiger partial charge >= 0.3 is 0 Å². The van der Waals surface area contributed by atoms with Gasteiger partial charge in [0.05, 0.1) is 6.04 Å². The molecule has 2 atom stereocenters. The molecule has 2 unspecified atom stereocenters. The van der Waals surface area contributed by atoms with Gasteiger partial charge in [0.25, 0.3) is 0 Å². The highest BCUT2D eigenvalue weighted by atomic mass is 16.4. The maximum absolute atomic E-state index is 8.72. The number of nitrogens with two attached hydrogens (primary N) is 1. The van der Waals surface area contributed by atoms with Crippen molar-refractivity contribution in [3.8, 4) is 0 Å². The second-order valence-electron chi connectivity index (χ2n) is 6.23. The smallest absolute Gasteiger partial charge is 0.156 e. The summed E-state index contributed by atoms with van der Waals surface area (Å²) in [5.74, 6) is 1.09. The van der Waals surface area contributed by atoms with E-state index in [1.165, 1.54) is 19.3 Å². The summed E-state index contributed by atoms with van der Waals surface area (Å²) in [4.78, 5) is 2.32. The molecule has 1 fully saturated rings. The van der Waals surface area contributed by atoms with Crippen LogP contribution in [0.15, 0.2) is 5.16 Å². The summed E-state index contributed by atoms with van der Waals surface area (Å²) in [5.41, 5.74) is 6.06. The van der Waals surface area contributed by atoms with Crippen molar-refractivity contribution < 1.29 is 5.21 Å². The third-order valence-corrected chi connectivity index (χ3v) is 4.08. The maximum atomic E-state index is 8.72. The zero-order valence-electron chi connectivity index (χ0n) is 11.6. The van der Waals surface area contributed by atoms with Crippen LogP contribution in [0.5, 0.6) is 0 Å². The molecule has 4 nitrogen and oxygen atoms in total. The molecule has 0 aliphatic carbocycles. The second kappa shape index (κ2) is 5.71. The number of likely N-dealkylation sites (tertiary alicyclic amines) is 1. The van der Waals surface area contributed by atoms with Crippen LogP contribution in [0.1, 0.15) is 47.0 Å². The van der Waals surface area contributed by atoms with E-state index in [1.807, 2.05) is 6.92 Å². The second-order valence-corrected chi connectivity index (χ2v) is 6.23. The fourth-order valence-corrected chi connectivity index (χ4v) is 2.64. The molecular formula is C13H27N3O. The van der Waals surface area contributed by atoms with E-state index in [0.717, 1.165) is 19.0 Å². The molecule has 100 valence electrons. The third-order valence-electron chi connectivity index (χ3n) is 4.08. The topological polar surface area (TPSA) is 61.9 Å². The first kappa shape index (κ1) is 14.3. The summed E-state index contributed by atoms with van der Waals surface area (Å²) in [6.45, 7) is 11.1. The first-order valence-corrected chi connectivity index (χ1v) is 6.57. The van der Waals surface area contributed by atoms with Gasteiger partial charge < -0.3 is 10.9 Å². The molecule has 3 N–H and O–H groups in total. The fourth-order valence-electron chi connectivity index (χ4n) is 2.64. The van der Waals surface area contributed by atoms with Crippen LogP contribution in [0.2, 0.25) is 0 Å². The van der Waals surface area contributed by atoms with E-state index in [0.29, 0.717) is 11.3 Å². The van der Waals surface area contributed by atoms with Crippen molar-refractivity contribution in [1.82, 2.24) is 4.90 Å². The molecule has 0 radical (unpaired) electrons. The molecule has 1 aliphatic rings. The minimum Gasteiger partial charge on any atom is -0.409 e. The van der Waals surface area contributed by atoms with Crippen molar-refractivity contribution in [2.45, 2.75) is 53.0 Å². The molecule has 0 spiro atoms. The molecule has 0 aromatic heterocycles. The Hall–Kier alpha value is -0.770. The zero-order chi connectivity index (χ0) is 13.1. The molecule has 0 aromatic rings. The van der Waals surface area contributed by atoms with Crippen LogP contribution in [0.25, 0.3) is 0 Å². The molecular weight excluding hydrogens is 214 g/mol. The number of hydrogen-bond donors (Lipinski definition) is 2. The highest BCUT2D eigenvalue weighted by Crippen LogP contribution is 2.34. The monoisotopic (exact) mass is 241 g/mol. The van der Waals surface area contributed by atoms with Crippen LogP contribution in [0, 0.1) is 11.3 Å². The van der Waals surface area contributed by atoms with Gasteiger partial charge in [-0.3, -0.25) is 4.90 Å². The Balaban J connectivity index is 2.59. The van der Waals surface area contributed by atoms with Gasteiger partial charge in [-0.25, -0.2) is 0 Å². The number of amidine groups is 1. The predicted octanol–water partition coefficient (Wildman–Crippen LogP) is 2.27. The first-order chi connectivity index (χ1) is 7.86. The normalized spacial score (nSPS) is 26.6. The summed E-state index contributed by atoms with van der Waals surface area (Å²) in [5, 5.41) is 11.8. The van der Waals surface area contributed by atoms with E-state index >= 15 is 0 Å². The summed E-state index contributed by atoms with van der Waals surface area (Å²) < 4.78 is 0. The molecule has 1 aliphatic heterocycles. The molecule has 0 amide bonds. The molecule has 0 saturated carbocycles. The zero-order valence-corrected chi connectivity index (χ0v) is 11.6. The minimum absolute atomic E-state index is 0.0405. The Bertz CT molecular complexity index is 270. The van der Waals surface area contributed by atoms with E-state index in [-0.39, 0.29) is 6.04 Å². The lowest BCUT2D eigenvalue weighted by atomic mass is 9.77. The summed E-state index contributed by atoms with van der Waals surface area (Å²) in [6.07, 6.45) is 3.68. The van der Waals surface area contributed by atoms with Crippen molar-refractivity contribution in [2.24, 2.45) is 22.2 Å². The lowest BCUT2D eigenvalue weighted by molar-refractivity contribution is 0.202. The van der Waals surface area contributed by atoms with Gasteiger partial charge in [-0.1, -0.05) is 25.9 Å². The Morgan fingerprint density at radius 2 is 2.00 bits per heavy atom. The van der Waals surface area contributed by atoms with Gasteiger partial charge in [0.15, 0.2) is 5.84 Å². The molecule has 0 aromatic carbocycles. The number of rotatable bonds is 2. The molecule has 1 rings (SSSR count). The van der Waals surface area contributed by atoms with Crippen molar-refractivity contribution in [2.75, 3.05) is 13.1 Å². The van der Waals surface area contributed by atoms with E-state index in [2.05, 4.69) is 30.8 Å². The summed E-state index contributed by atoms with van der Waals surface area (Å²) in [7, 11) is 0. The minimum atomic E-state index is 0.0405. The average molecular weight is 241 g/mol. The van der Waals surface area contributed by atoms with Gasteiger partial charge in [-0.05, 0) is 50.6 Å². The first-order valence-electron chi connectivity index (χ1n) is 6.57. The average Bonchev–Trinajstić information content (AvgIpc) is 2.51. The van der Waals surface area contributed by atoms with Crippen LogP contribution >= 0.6 is 0 Å².